The molecule has 0 amide bonds. The molecule has 0 aromatic carbocycles. The molecule has 0 saturated heterocycles. The fraction of sp³-hybridized carbons (Fsp3) is 0.333. The largest absolute Gasteiger partial charge is 0.389 e. The summed E-state index contributed by atoms with van der Waals surface area (Å²) in [7, 11) is 0. The van der Waals surface area contributed by atoms with E-state index in [1.165, 1.54) is 6.08 Å². The minimum absolute atomic E-state index is 0.406. The van der Waals surface area contributed by atoms with Crippen molar-refractivity contribution < 1.29 is 6.48 Å². The van der Waals surface area contributed by atoms with E-state index in [-0.39, 0.29) is 0 Å². The number of aliphatic hydroxyl groups is 1. The highest BCUT2D eigenvalue weighted by molar-refractivity contribution is 5.11. The van der Waals surface area contributed by atoms with Gasteiger partial charge in [0.1, 0.15) is 0 Å². The third-order valence-electron chi connectivity index (χ3n) is 0.863. The molecule has 1 N–H and O–H groups in total. The van der Waals surface area contributed by atoms with Crippen LogP contribution in [0.1, 0.15) is 7.79 Å². The van der Waals surface area contributed by atoms with Crippen LogP contribution in [-0.4, -0.2) is 11.2 Å². The van der Waals surface area contributed by atoms with Crippen molar-refractivity contribution in [3.05, 3.63) is 24.3 Å². The SMILES string of the molecule is [2H]C1(O)C=CC=CC1. The third kappa shape index (κ3) is 1.16. The molecule has 0 saturated carbocycles. The molecule has 0 heterocycles. The van der Waals surface area contributed by atoms with Crippen molar-refractivity contribution in [2.75, 3.05) is 0 Å². The van der Waals surface area contributed by atoms with Gasteiger partial charge in [0.05, 0.1) is 7.45 Å². The smallest absolute Gasteiger partial charge is 0.0758 e. The Labute approximate surface area is 44.4 Å². The topological polar surface area (TPSA) is 20.2 Å². The minimum Gasteiger partial charge on any atom is -0.389 e. The number of allylic oxidation sites excluding steroid dienone is 2. The van der Waals surface area contributed by atoms with E-state index in [1.807, 2.05) is 6.08 Å². The van der Waals surface area contributed by atoms with E-state index in [4.69, 9.17) is 6.48 Å². The average molecular weight is 97.1 g/mol. The van der Waals surface area contributed by atoms with E-state index >= 15 is 0 Å². The van der Waals surface area contributed by atoms with Crippen molar-refractivity contribution in [2.24, 2.45) is 0 Å². The maximum Gasteiger partial charge on any atom is 0.0758 e. The van der Waals surface area contributed by atoms with Gasteiger partial charge in [0.15, 0.2) is 0 Å². The van der Waals surface area contributed by atoms with Gasteiger partial charge in [-0.1, -0.05) is 24.3 Å². The predicted molar refractivity (Wildman–Crippen MR) is 28.9 cm³/mol. The zero-order valence-corrected chi connectivity index (χ0v) is 3.96. The molecule has 1 unspecified atom stereocenters. The molecule has 0 bridgehead atoms. The molecule has 0 fully saturated rings. The van der Waals surface area contributed by atoms with E-state index in [0.29, 0.717) is 6.42 Å². The molecule has 0 aromatic rings. The Hall–Kier alpha value is -0.560. The van der Waals surface area contributed by atoms with Crippen LogP contribution in [0.2, 0.25) is 0 Å². The lowest BCUT2D eigenvalue weighted by molar-refractivity contribution is 0.225. The fourth-order valence-electron chi connectivity index (χ4n) is 0.502. The standard InChI is InChI=1S/C6H8O/c7-6-4-2-1-3-5-6/h1-4,6-7H,5H2/i6D. The van der Waals surface area contributed by atoms with Crippen molar-refractivity contribution in [1.29, 1.82) is 0 Å². The lowest BCUT2D eigenvalue weighted by Crippen LogP contribution is -2.00. The Balaban J connectivity index is 2.65. The van der Waals surface area contributed by atoms with Crippen molar-refractivity contribution in [2.45, 2.75) is 12.5 Å². The van der Waals surface area contributed by atoms with Gasteiger partial charge in [0.25, 0.3) is 0 Å². The Morgan fingerprint density at radius 2 is 2.57 bits per heavy atom. The predicted octanol–water partition coefficient (Wildman–Crippen LogP) is 0.863. The molecule has 0 aliphatic heterocycles. The van der Waals surface area contributed by atoms with Crippen molar-refractivity contribution in [3.63, 3.8) is 0 Å². The quantitative estimate of drug-likeness (QED) is 0.475. The van der Waals surface area contributed by atoms with Crippen LogP contribution in [0, 0.1) is 0 Å². The van der Waals surface area contributed by atoms with Gasteiger partial charge in [-0.15, -0.1) is 0 Å². The van der Waals surface area contributed by atoms with Crippen LogP contribution in [0.4, 0.5) is 0 Å². The molecule has 1 atom stereocenters. The molecule has 1 aliphatic rings. The monoisotopic (exact) mass is 97.1 g/mol. The van der Waals surface area contributed by atoms with E-state index in [2.05, 4.69) is 0 Å². The van der Waals surface area contributed by atoms with Crippen LogP contribution < -0.4 is 0 Å². The first-order valence-corrected chi connectivity index (χ1v) is 2.27. The number of hydrogen-bond donors (Lipinski definition) is 1. The van der Waals surface area contributed by atoms with Crippen LogP contribution in [-0.2, 0) is 0 Å². The molecule has 1 heteroatoms. The highest BCUT2D eigenvalue weighted by atomic mass is 16.3. The zero-order valence-electron chi connectivity index (χ0n) is 4.96. The third-order valence-corrected chi connectivity index (χ3v) is 0.863. The number of rotatable bonds is 0. The summed E-state index contributed by atoms with van der Waals surface area (Å²) in [5, 5.41) is 8.90. The van der Waals surface area contributed by atoms with Gasteiger partial charge in [-0.05, 0) is 6.42 Å². The van der Waals surface area contributed by atoms with Gasteiger partial charge < -0.3 is 5.11 Å². The van der Waals surface area contributed by atoms with Crippen LogP contribution in [0.25, 0.3) is 0 Å². The lowest BCUT2D eigenvalue weighted by Gasteiger charge is -2.01. The fourth-order valence-corrected chi connectivity index (χ4v) is 0.502. The Bertz CT molecular complexity index is 135. The molecule has 1 rings (SSSR count). The van der Waals surface area contributed by atoms with Crippen molar-refractivity contribution in [1.82, 2.24) is 0 Å². The molecule has 1 aliphatic carbocycles. The molecular formula is C6H8O. The van der Waals surface area contributed by atoms with Gasteiger partial charge >= 0.3 is 0 Å². The summed E-state index contributed by atoms with van der Waals surface area (Å²) in [5.74, 6) is 0. The van der Waals surface area contributed by atoms with E-state index < -0.39 is 6.08 Å². The minimum atomic E-state index is -1.34. The first-order chi connectivity index (χ1) is 3.71. The highest BCUT2D eigenvalue weighted by Gasteiger charge is 1.95. The summed E-state index contributed by atoms with van der Waals surface area (Å²) in [6, 6.07) is 0. The van der Waals surface area contributed by atoms with Crippen LogP contribution in [0.3, 0.4) is 0 Å². The normalized spacial score (nSPS) is 41.0. The highest BCUT2D eigenvalue weighted by Crippen LogP contribution is 2.00. The van der Waals surface area contributed by atoms with Crippen molar-refractivity contribution in [3.8, 4) is 0 Å². The maximum absolute atomic E-state index is 8.90. The second-order valence-electron chi connectivity index (χ2n) is 1.48. The Kier molecular flexibility index (Phi) is 0.953. The second kappa shape index (κ2) is 1.94. The summed E-state index contributed by atoms with van der Waals surface area (Å²) in [5.41, 5.74) is 0. The van der Waals surface area contributed by atoms with Gasteiger partial charge in [0, 0.05) is 0 Å². The van der Waals surface area contributed by atoms with E-state index in [9.17, 15) is 0 Å². The summed E-state index contributed by atoms with van der Waals surface area (Å²) in [6.07, 6.45) is 5.80. The average Bonchev–Trinajstić information content (AvgIpc) is 1.65. The lowest BCUT2D eigenvalue weighted by atomic mass is 10.1. The first-order valence-electron chi connectivity index (χ1n) is 2.77. The molecule has 7 heavy (non-hydrogen) atoms. The van der Waals surface area contributed by atoms with Crippen LogP contribution in [0.15, 0.2) is 24.3 Å². The van der Waals surface area contributed by atoms with E-state index in [0.717, 1.165) is 0 Å². The zero-order chi connectivity index (χ0) is 6.04. The van der Waals surface area contributed by atoms with Crippen LogP contribution in [0.5, 0.6) is 0 Å². The molecule has 0 spiro atoms. The molecule has 1 nitrogen and oxygen atoms in total. The van der Waals surface area contributed by atoms with E-state index in [1.54, 1.807) is 12.2 Å². The molecule has 38 valence electrons. The second-order valence-corrected chi connectivity index (χ2v) is 1.48. The number of hydrogen-bond acceptors (Lipinski definition) is 1. The summed E-state index contributed by atoms with van der Waals surface area (Å²) in [6.45, 7) is 0. The summed E-state index contributed by atoms with van der Waals surface area (Å²) in [4.78, 5) is 0. The summed E-state index contributed by atoms with van der Waals surface area (Å²) >= 11 is 0. The van der Waals surface area contributed by atoms with Gasteiger partial charge in [-0.3, -0.25) is 0 Å². The maximum atomic E-state index is 8.90. The molecular weight excluding hydrogens is 88.1 g/mol. The van der Waals surface area contributed by atoms with Gasteiger partial charge in [-0.2, -0.15) is 0 Å². The van der Waals surface area contributed by atoms with Crippen LogP contribution >= 0.6 is 0 Å². The first kappa shape index (κ1) is 3.44. The molecule has 0 radical (unpaired) electrons. The van der Waals surface area contributed by atoms with Gasteiger partial charge in [-0.25, -0.2) is 0 Å². The molecule has 0 aromatic heterocycles. The Morgan fingerprint density at radius 3 is 2.86 bits per heavy atom. The summed E-state index contributed by atoms with van der Waals surface area (Å²) < 4.78 is 7.04. The van der Waals surface area contributed by atoms with Crippen molar-refractivity contribution >= 4 is 0 Å². The Morgan fingerprint density at radius 1 is 1.71 bits per heavy atom. The van der Waals surface area contributed by atoms with Gasteiger partial charge in [0.2, 0.25) is 0 Å².